The van der Waals surface area contributed by atoms with Crippen LogP contribution in [-0.2, 0) is 0 Å². The number of benzene rings is 3. The van der Waals surface area contributed by atoms with Crippen LogP contribution in [0.25, 0.3) is 34.2 Å². The fraction of sp³-hybridized carbons (Fsp3) is 0.267. The van der Waals surface area contributed by atoms with Gasteiger partial charge in [-0.3, -0.25) is 0 Å². The van der Waals surface area contributed by atoms with Crippen LogP contribution in [0.3, 0.4) is 0 Å². The molecule has 2 aliphatic rings. The summed E-state index contributed by atoms with van der Waals surface area (Å²) in [6.07, 6.45) is 5.79. The molecule has 3 heterocycles. The molecule has 2 aliphatic heterocycles. The topological polar surface area (TPSA) is 64.5 Å². The van der Waals surface area contributed by atoms with E-state index in [1.807, 2.05) is 49.3 Å². The van der Waals surface area contributed by atoms with Gasteiger partial charge in [0.25, 0.3) is 0 Å². The summed E-state index contributed by atoms with van der Waals surface area (Å²) >= 11 is 6.57. The molecular formula is C30H28ClF2N5O. The van der Waals surface area contributed by atoms with Crippen LogP contribution in [0.5, 0.6) is 5.75 Å². The van der Waals surface area contributed by atoms with Gasteiger partial charge in [-0.05, 0) is 54.8 Å². The Hall–Kier alpha value is -3.75. The van der Waals surface area contributed by atoms with Gasteiger partial charge in [-0.2, -0.15) is 0 Å². The largest absolute Gasteiger partial charge is 0.507 e. The van der Waals surface area contributed by atoms with Gasteiger partial charge in [-0.1, -0.05) is 35.9 Å². The summed E-state index contributed by atoms with van der Waals surface area (Å²) in [6, 6.07) is 14.0. The molecule has 2 saturated heterocycles. The normalized spacial score (nSPS) is 18.8. The van der Waals surface area contributed by atoms with Crippen molar-refractivity contribution >= 4 is 46.2 Å². The first kappa shape index (κ1) is 25.5. The Labute approximate surface area is 230 Å². The second kappa shape index (κ2) is 10.1. The van der Waals surface area contributed by atoms with Crippen molar-refractivity contribution in [1.82, 2.24) is 15.3 Å². The molecule has 2 atom stereocenters. The molecule has 6 nitrogen and oxygen atoms in total. The molecule has 3 aromatic carbocycles. The molecule has 0 unspecified atom stereocenters. The Bertz CT molecular complexity index is 1580. The number of phenols is 1. The van der Waals surface area contributed by atoms with Crippen LogP contribution in [0, 0.1) is 11.6 Å². The number of anilines is 2. The number of phenolic OH excluding ortho intramolecular Hbond substituents is 1. The van der Waals surface area contributed by atoms with Gasteiger partial charge < -0.3 is 20.2 Å². The number of hydrogen-bond acceptors (Lipinski definition) is 6. The Kier molecular flexibility index (Phi) is 6.61. The van der Waals surface area contributed by atoms with Crippen molar-refractivity contribution in [3.05, 3.63) is 76.6 Å². The highest BCUT2D eigenvalue weighted by atomic mass is 35.5. The molecule has 4 aromatic rings. The van der Waals surface area contributed by atoms with Crippen LogP contribution in [0.4, 0.5) is 20.3 Å². The maximum absolute atomic E-state index is 16.3. The summed E-state index contributed by atoms with van der Waals surface area (Å²) in [5.74, 6) is -1.06. The van der Waals surface area contributed by atoms with E-state index in [2.05, 4.69) is 15.2 Å². The first-order chi connectivity index (χ1) is 18.8. The minimum atomic E-state index is -0.802. The molecule has 0 spiro atoms. The van der Waals surface area contributed by atoms with Gasteiger partial charge in [0.15, 0.2) is 11.6 Å². The number of hydrogen-bond donors (Lipinski definition) is 2. The fourth-order valence-electron chi connectivity index (χ4n) is 5.55. The molecule has 39 heavy (non-hydrogen) atoms. The van der Waals surface area contributed by atoms with Crippen LogP contribution in [0.2, 0.25) is 5.02 Å². The lowest BCUT2D eigenvalue weighted by Crippen LogP contribution is -2.51. The molecule has 200 valence electrons. The molecule has 2 N–H and O–H groups in total. The molecular weight excluding hydrogens is 520 g/mol. The van der Waals surface area contributed by atoms with Gasteiger partial charge in [0.1, 0.15) is 22.9 Å². The number of nitrogens with zero attached hydrogens (tertiary/aromatic N) is 4. The van der Waals surface area contributed by atoms with Crippen LogP contribution in [-0.4, -0.2) is 54.3 Å². The van der Waals surface area contributed by atoms with Crippen molar-refractivity contribution in [2.24, 2.45) is 0 Å². The minimum Gasteiger partial charge on any atom is -0.507 e. The van der Waals surface area contributed by atoms with E-state index in [0.29, 0.717) is 29.1 Å². The van der Waals surface area contributed by atoms with Crippen LogP contribution < -0.4 is 15.1 Å². The zero-order valence-corrected chi connectivity index (χ0v) is 22.4. The lowest BCUT2D eigenvalue weighted by Gasteiger charge is -2.34. The highest BCUT2D eigenvalue weighted by Crippen LogP contribution is 2.42. The van der Waals surface area contributed by atoms with E-state index < -0.39 is 17.4 Å². The summed E-state index contributed by atoms with van der Waals surface area (Å²) in [6.45, 7) is 1.46. The van der Waals surface area contributed by atoms with E-state index in [9.17, 15) is 9.50 Å². The van der Waals surface area contributed by atoms with Crippen molar-refractivity contribution in [2.75, 3.05) is 37.0 Å². The van der Waals surface area contributed by atoms with Gasteiger partial charge in [-0.25, -0.2) is 18.7 Å². The third-order valence-corrected chi connectivity index (χ3v) is 7.75. The predicted octanol–water partition coefficient (Wildman–Crippen LogP) is 6.11. The van der Waals surface area contributed by atoms with Gasteiger partial charge in [-0.15, -0.1) is 0 Å². The summed E-state index contributed by atoms with van der Waals surface area (Å²) in [5.41, 5.74) is 1.50. The number of aromatic hydroxyl groups is 1. The molecule has 0 saturated carbocycles. The van der Waals surface area contributed by atoms with Crippen molar-refractivity contribution in [3.63, 3.8) is 0 Å². The van der Waals surface area contributed by atoms with E-state index in [-0.39, 0.29) is 21.7 Å². The maximum Gasteiger partial charge on any atom is 0.159 e. The Morgan fingerprint density at radius 1 is 1.00 bits per heavy atom. The third kappa shape index (κ3) is 4.79. The van der Waals surface area contributed by atoms with Crippen LogP contribution in [0.15, 0.2) is 48.5 Å². The summed E-state index contributed by atoms with van der Waals surface area (Å²) in [5, 5.41) is 14.4. The van der Waals surface area contributed by atoms with E-state index in [4.69, 9.17) is 16.6 Å². The highest BCUT2D eigenvalue weighted by molar-refractivity contribution is 6.34. The summed E-state index contributed by atoms with van der Waals surface area (Å²) in [4.78, 5) is 13.6. The van der Waals surface area contributed by atoms with Gasteiger partial charge in [0.2, 0.25) is 0 Å². The Morgan fingerprint density at radius 3 is 2.46 bits per heavy atom. The molecule has 9 heteroatoms. The van der Waals surface area contributed by atoms with E-state index in [1.165, 1.54) is 12.1 Å². The van der Waals surface area contributed by atoms with Crippen molar-refractivity contribution in [1.29, 1.82) is 0 Å². The summed E-state index contributed by atoms with van der Waals surface area (Å²) < 4.78 is 31.0. The zero-order chi connectivity index (χ0) is 27.3. The van der Waals surface area contributed by atoms with Crippen LogP contribution >= 0.6 is 11.6 Å². The number of aromatic nitrogens is 2. The first-order valence-electron chi connectivity index (χ1n) is 12.9. The average molecular weight is 548 g/mol. The lowest BCUT2D eigenvalue weighted by atomic mass is 10.0. The monoisotopic (exact) mass is 547 g/mol. The predicted molar refractivity (Wildman–Crippen MR) is 153 cm³/mol. The van der Waals surface area contributed by atoms with Gasteiger partial charge in [0, 0.05) is 55.9 Å². The van der Waals surface area contributed by atoms with Gasteiger partial charge in [0.05, 0.1) is 10.6 Å². The van der Waals surface area contributed by atoms with Crippen molar-refractivity contribution in [3.8, 4) is 16.9 Å². The van der Waals surface area contributed by atoms with Crippen LogP contribution in [0.1, 0.15) is 24.2 Å². The SMILES string of the molecule is CN(C)c1cccc(/C=C/c2nc(N3C[C@H]4CC[C@@H](C3)N4)c3cc(Cl)c(-c4c(O)cccc4F)c(F)c3n2)c1. The number of nitrogens with one attached hydrogen (secondary N) is 1. The molecule has 1 aromatic heterocycles. The van der Waals surface area contributed by atoms with E-state index in [0.717, 1.165) is 43.2 Å². The molecule has 6 rings (SSSR count). The molecule has 0 aliphatic carbocycles. The Balaban J connectivity index is 1.53. The molecule has 0 radical (unpaired) electrons. The standard InChI is InChI=1S/C30H28ClF2N5O/c1-37(2)20-6-3-5-17(13-20)9-12-25-35-29-21(30(36-25)38-15-18-10-11-19(16-38)34-18)14-22(31)26(28(29)33)27-23(32)7-4-8-24(27)39/h3-9,12-14,18-19,34,39H,10-11,15-16H2,1-2H3/b12-9+/t18-,19+. The third-order valence-electron chi connectivity index (χ3n) is 7.45. The first-order valence-corrected chi connectivity index (χ1v) is 13.3. The second-order valence-corrected chi connectivity index (χ2v) is 10.8. The summed E-state index contributed by atoms with van der Waals surface area (Å²) in [7, 11) is 3.95. The van der Waals surface area contributed by atoms with Gasteiger partial charge >= 0.3 is 0 Å². The quantitative estimate of drug-likeness (QED) is 0.314. The fourth-order valence-corrected chi connectivity index (χ4v) is 5.84. The smallest absolute Gasteiger partial charge is 0.159 e. The second-order valence-electron chi connectivity index (χ2n) is 10.3. The molecule has 2 fully saturated rings. The number of piperazine rings is 1. The lowest BCUT2D eigenvalue weighted by molar-refractivity contribution is 0.464. The molecule has 0 amide bonds. The minimum absolute atomic E-state index is 0.0212. The highest BCUT2D eigenvalue weighted by Gasteiger charge is 2.34. The Morgan fingerprint density at radius 2 is 1.74 bits per heavy atom. The number of rotatable bonds is 5. The van der Waals surface area contributed by atoms with E-state index >= 15 is 4.39 Å². The molecule has 2 bridgehead atoms. The number of halogens is 3. The number of fused-ring (bicyclic) bond motifs is 3. The average Bonchev–Trinajstić information content (AvgIpc) is 3.26. The zero-order valence-electron chi connectivity index (χ0n) is 21.6. The van der Waals surface area contributed by atoms with Crippen molar-refractivity contribution in [2.45, 2.75) is 24.9 Å². The maximum atomic E-state index is 16.3. The van der Waals surface area contributed by atoms with E-state index in [1.54, 1.807) is 12.1 Å². The van der Waals surface area contributed by atoms with Crippen molar-refractivity contribution < 1.29 is 13.9 Å².